The van der Waals surface area contributed by atoms with Crippen LogP contribution >= 0.6 is 0 Å². The smallest absolute Gasteiger partial charge is 0.256 e. The number of nitrogens with one attached hydrogen (secondary N) is 2. The Bertz CT molecular complexity index is 575. The Hall–Kier alpha value is -2.28. The van der Waals surface area contributed by atoms with E-state index in [2.05, 4.69) is 10.5 Å². The minimum atomic E-state index is -0.480. The molecule has 1 heterocycles. The molecule has 1 aliphatic rings. The topological polar surface area (TPSA) is 94.6 Å². The minimum absolute atomic E-state index is 0.0116. The number of carbonyl (C=O) groups is 1. The monoisotopic (exact) mass is 305 g/mol. The summed E-state index contributed by atoms with van der Waals surface area (Å²) in [5, 5.41) is 10.7. The summed E-state index contributed by atoms with van der Waals surface area (Å²) in [6.07, 6.45) is 5.08. The fraction of sp³-hybridized carbons (Fsp3) is 0.400. The van der Waals surface area contributed by atoms with E-state index in [1.807, 2.05) is 0 Å². The molecule has 1 atom stereocenters. The Kier molecular flexibility index (Phi) is 5.60. The highest BCUT2D eigenvalue weighted by Crippen LogP contribution is 2.24. The van der Waals surface area contributed by atoms with Crippen LogP contribution in [0.4, 0.5) is 10.1 Å². The minimum Gasteiger partial charge on any atom is -0.334 e. The zero-order valence-corrected chi connectivity index (χ0v) is 12.3. The van der Waals surface area contributed by atoms with Crippen molar-refractivity contribution in [2.75, 3.05) is 18.5 Å². The van der Waals surface area contributed by atoms with Gasteiger partial charge >= 0.3 is 0 Å². The van der Waals surface area contributed by atoms with Crippen LogP contribution in [0.2, 0.25) is 0 Å². The van der Waals surface area contributed by atoms with E-state index in [0.717, 1.165) is 25.5 Å². The van der Waals surface area contributed by atoms with Crippen molar-refractivity contribution in [3.63, 3.8) is 0 Å². The average molecular weight is 305 g/mol. The lowest BCUT2D eigenvalue weighted by Gasteiger charge is -2.35. The molecule has 0 saturated carbocycles. The molecular formula is C15H20FN5O. The van der Waals surface area contributed by atoms with Gasteiger partial charge in [0.25, 0.3) is 5.91 Å². The number of rotatable bonds is 5. The Morgan fingerprint density at radius 2 is 2.36 bits per heavy atom. The molecule has 0 aliphatic carbocycles. The van der Waals surface area contributed by atoms with E-state index in [9.17, 15) is 9.18 Å². The van der Waals surface area contributed by atoms with E-state index in [1.54, 1.807) is 4.90 Å². The van der Waals surface area contributed by atoms with Crippen LogP contribution in [0.1, 0.15) is 29.6 Å². The van der Waals surface area contributed by atoms with Gasteiger partial charge in [0.2, 0.25) is 0 Å². The van der Waals surface area contributed by atoms with Crippen molar-refractivity contribution in [3.8, 4) is 0 Å². The lowest BCUT2D eigenvalue weighted by molar-refractivity contribution is 0.0624. The van der Waals surface area contributed by atoms with Gasteiger partial charge in [0, 0.05) is 25.3 Å². The average Bonchev–Trinajstić information content (AvgIpc) is 2.55. The number of benzene rings is 1. The molecule has 1 saturated heterocycles. The van der Waals surface area contributed by atoms with Crippen molar-refractivity contribution < 1.29 is 9.18 Å². The molecule has 1 fully saturated rings. The third kappa shape index (κ3) is 3.67. The Labute approximate surface area is 128 Å². The third-order valence-corrected chi connectivity index (χ3v) is 3.71. The standard InChI is InChI=1S/C15H20FN5O/c16-11-4-5-14(20-19-7-6-17)13(9-11)15(22)21-8-2-1-3-12(21)10-18/h4-7,9,12,17,20H,1-3,8,10,18H2/b17-6?,19-7-/t12-/m0/s1. The number of amides is 1. The molecule has 1 aromatic carbocycles. The lowest BCUT2D eigenvalue weighted by atomic mass is 10.0. The summed E-state index contributed by atoms with van der Waals surface area (Å²) in [6.45, 7) is 1.02. The summed E-state index contributed by atoms with van der Waals surface area (Å²) in [5.41, 5.74) is 9.04. The van der Waals surface area contributed by atoms with Gasteiger partial charge in [-0.25, -0.2) is 4.39 Å². The maximum atomic E-state index is 13.5. The Morgan fingerprint density at radius 1 is 1.55 bits per heavy atom. The second-order valence-corrected chi connectivity index (χ2v) is 5.13. The normalized spacial score (nSPS) is 18.5. The van der Waals surface area contributed by atoms with Gasteiger partial charge in [-0.05, 0) is 37.5 Å². The highest BCUT2D eigenvalue weighted by molar-refractivity contribution is 6.14. The summed E-state index contributed by atoms with van der Waals surface area (Å²) in [5.74, 6) is -0.728. The molecule has 7 heteroatoms. The summed E-state index contributed by atoms with van der Waals surface area (Å²) < 4.78 is 13.5. The number of piperidine rings is 1. The molecule has 1 aliphatic heterocycles. The van der Waals surface area contributed by atoms with Crippen molar-refractivity contribution >= 4 is 24.0 Å². The van der Waals surface area contributed by atoms with E-state index in [0.29, 0.717) is 18.8 Å². The van der Waals surface area contributed by atoms with Crippen LogP contribution in [-0.4, -0.2) is 42.4 Å². The molecule has 2 rings (SSSR count). The molecule has 0 spiro atoms. The second-order valence-electron chi connectivity index (χ2n) is 5.13. The molecule has 6 nitrogen and oxygen atoms in total. The van der Waals surface area contributed by atoms with E-state index in [4.69, 9.17) is 11.1 Å². The predicted octanol–water partition coefficient (Wildman–Crippen LogP) is 1.83. The van der Waals surface area contributed by atoms with E-state index < -0.39 is 5.82 Å². The Morgan fingerprint density at radius 3 is 3.09 bits per heavy atom. The largest absolute Gasteiger partial charge is 0.334 e. The first-order valence-corrected chi connectivity index (χ1v) is 7.26. The molecule has 0 unspecified atom stereocenters. The maximum Gasteiger partial charge on any atom is 0.256 e. The first-order valence-electron chi connectivity index (χ1n) is 7.26. The van der Waals surface area contributed by atoms with Gasteiger partial charge < -0.3 is 16.0 Å². The van der Waals surface area contributed by atoms with Crippen LogP contribution in [0.25, 0.3) is 0 Å². The second kappa shape index (κ2) is 7.65. The Balaban J connectivity index is 2.28. The molecule has 4 N–H and O–H groups in total. The van der Waals surface area contributed by atoms with Crippen LogP contribution < -0.4 is 11.2 Å². The van der Waals surface area contributed by atoms with Crippen LogP contribution in [0.3, 0.4) is 0 Å². The molecular weight excluding hydrogens is 285 g/mol. The van der Waals surface area contributed by atoms with Gasteiger partial charge in [-0.2, -0.15) is 5.10 Å². The van der Waals surface area contributed by atoms with Crippen LogP contribution in [0.5, 0.6) is 0 Å². The molecule has 22 heavy (non-hydrogen) atoms. The molecule has 0 bridgehead atoms. The van der Waals surface area contributed by atoms with E-state index in [1.165, 1.54) is 24.4 Å². The third-order valence-electron chi connectivity index (χ3n) is 3.71. The first kappa shape index (κ1) is 16.1. The molecule has 118 valence electrons. The van der Waals surface area contributed by atoms with Gasteiger partial charge in [-0.1, -0.05) is 0 Å². The predicted molar refractivity (Wildman–Crippen MR) is 85.0 cm³/mol. The van der Waals surface area contributed by atoms with Crippen LogP contribution in [0.15, 0.2) is 23.3 Å². The molecule has 0 radical (unpaired) electrons. The number of nitrogens with two attached hydrogens (primary N) is 1. The van der Waals surface area contributed by atoms with Gasteiger partial charge in [0.15, 0.2) is 0 Å². The molecule has 1 aromatic rings. The number of carbonyl (C=O) groups excluding carboxylic acids is 1. The SMILES string of the molecule is N=C/C=N\Nc1ccc(F)cc1C(=O)N1CCCC[C@H]1CN. The molecule has 1 amide bonds. The van der Waals surface area contributed by atoms with Crippen molar-refractivity contribution in [1.29, 1.82) is 5.41 Å². The highest BCUT2D eigenvalue weighted by atomic mass is 19.1. The number of hydrogen-bond donors (Lipinski definition) is 3. The van der Waals surface area contributed by atoms with Crippen LogP contribution in [-0.2, 0) is 0 Å². The highest BCUT2D eigenvalue weighted by Gasteiger charge is 2.28. The summed E-state index contributed by atoms with van der Waals surface area (Å²) >= 11 is 0. The van der Waals surface area contributed by atoms with Crippen molar-refractivity contribution in [3.05, 3.63) is 29.6 Å². The van der Waals surface area contributed by atoms with Crippen molar-refractivity contribution in [1.82, 2.24) is 4.90 Å². The van der Waals surface area contributed by atoms with Gasteiger partial charge in [0.05, 0.1) is 17.5 Å². The maximum absolute atomic E-state index is 13.5. The summed E-state index contributed by atoms with van der Waals surface area (Å²) in [4.78, 5) is 14.5. The number of likely N-dealkylation sites (tertiary alicyclic amines) is 1. The number of nitrogens with zero attached hydrogens (tertiary/aromatic N) is 2. The fourth-order valence-electron chi connectivity index (χ4n) is 2.60. The fourth-order valence-corrected chi connectivity index (χ4v) is 2.60. The number of hydrogen-bond acceptors (Lipinski definition) is 5. The van der Waals surface area contributed by atoms with Crippen molar-refractivity contribution in [2.24, 2.45) is 10.8 Å². The zero-order valence-electron chi connectivity index (χ0n) is 12.3. The van der Waals surface area contributed by atoms with Crippen LogP contribution in [0, 0.1) is 11.2 Å². The first-order chi connectivity index (χ1) is 10.7. The van der Waals surface area contributed by atoms with Crippen molar-refractivity contribution in [2.45, 2.75) is 25.3 Å². The van der Waals surface area contributed by atoms with E-state index >= 15 is 0 Å². The van der Waals surface area contributed by atoms with Gasteiger partial charge in [-0.3, -0.25) is 10.2 Å². The van der Waals surface area contributed by atoms with Gasteiger partial charge in [0.1, 0.15) is 5.82 Å². The van der Waals surface area contributed by atoms with E-state index in [-0.39, 0.29) is 17.5 Å². The number of halogens is 1. The molecule has 0 aromatic heterocycles. The number of anilines is 1. The quantitative estimate of drug-likeness (QED) is 0.572. The van der Waals surface area contributed by atoms with Gasteiger partial charge in [-0.15, -0.1) is 0 Å². The summed E-state index contributed by atoms with van der Waals surface area (Å²) in [7, 11) is 0. The number of hydrazone groups is 1. The lowest BCUT2D eigenvalue weighted by Crippen LogP contribution is -2.47. The zero-order chi connectivity index (χ0) is 15.9. The summed E-state index contributed by atoms with van der Waals surface area (Å²) in [6, 6.07) is 3.91.